The highest BCUT2D eigenvalue weighted by atomic mass is 16.5. The van der Waals surface area contributed by atoms with E-state index in [1.165, 1.54) is 0 Å². The maximum Gasteiger partial charge on any atom is 0.330 e. The second kappa shape index (κ2) is 8.75. The average molecular weight is 211 g/mol. The zero-order valence-corrected chi connectivity index (χ0v) is 8.40. The fourth-order valence-electron chi connectivity index (χ4n) is 0.737. The maximum absolute atomic E-state index is 10.7. The number of esters is 2. The quantitative estimate of drug-likeness (QED) is 0.356. The van der Waals surface area contributed by atoms with Gasteiger partial charge in [-0.05, 0) is 12.8 Å². The van der Waals surface area contributed by atoms with Gasteiger partial charge < -0.3 is 9.47 Å². The van der Waals surface area contributed by atoms with E-state index >= 15 is 0 Å². The minimum absolute atomic E-state index is 0.231. The van der Waals surface area contributed by atoms with Gasteiger partial charge in [-0.25, -0.2) is 4.79 Å². The molecule has 0 rings (SSSR count). The normalized spacial score (nSPS) is 8.73. The van der Waals surface area contributed by atoms with E-state index in [0.717, 1.165) is 6.08 Å². The Morgan fingerprint density at radius 2 is 1.87 bits per heavy atom. The number of hydrogen-bond donors (Lipinski definition) is 0. The molecule has 15 heavy (non-hydrogen) atoms. The molecule has 0 aliphatic carbocycles. The standard InChI is InChI=1S/C10H13NO4/c1-2-9(12)14-7-3-4-8-15-10(13)5-6-11/h2H,1,3-5,7-8H2. The van der Waals surface area contributed by atoms with E-state index in [0.29, 0.717) is 12.8 Å². The summed E-state index contributed by atoms with van der Waals surface area (Å²) in [4.78, 5) is 21.3. The number of hydrogen-bond acceptors (Lipinski definition) is 5. The van der Waals surface area contributed by atoms with Crippen LogP contribution in [0, 0.1) is 11.3 Å². The number of nitrogens with zero attached hydrogens (tertiary/aromatic N) is 1. The minimum atomic E-state index is -0.527. The van der Waals surface area contributed by atoms with Crippen molar-refractivity contribution in [2.75, 3.05) is 13.2 Å². The van der Waals surface area contributed by atoms with Crippen molar-refractivity contribution in [3.8, 4) is 6.07 Å². The fourth-order valence-corrected chi connectivity index (χ4v) is 0.737. The van der Waals surface area contributed by atoms with Crippen LogP contribution in [0.3, 0.4) is 0 Å². The third kappa shape index (κ3) is 8.50. The molecule has 0 N–H and O–H groups in total. The van der Waals surface area contributed by atoms with E-state index in [9.17, 15) is 9.59 Å². The summed E-state index contributed by atoms with van der Waals surface area (Å²) in [6.07, 6.45) is 2.07. The number of ether oxygens (including phenoxy) is 2. The summed E-state index contributed by atoms with van der Waals surface area (Å²) in [6.45, 7) is 3.77. The van der Waals surface area contributed by atoms with Crippen molar-refractivity contribution in [3.05, 3.63) is 12.7 Å². The van der Waals surface area contributed by atoms with Crippen molar-refractivity contribution in [1.29, 1.82) is 5.26 Å². The number of carbonyl (C=O) groups is 2. The Morgan fingerprint density at radius 3 is 2.40 bits per heavy atom. The van der Waals surface area contributed by atoms with Gasteiger partial charge in [-0.2, -0.15) is 5.26 Å². The first kappa shape index (κ1) is 13.2. The van der Waals surface area contributed by atoms with Gasteiger partial charge in [0.05, 0.1) is 19.3 Å². The molecular formula is C10H13NO4. The lowest BCUT2D eigenvalue weighted by molar-refractivity contribution is -0.143. The predicted molar refractivity (Wildman–Crippen MR) is 51.6 cm³/mol. The van der Waals surface area contributed by atoms with Crippen LogP contribution in [0.15, 0.2) is 12.7 Å². The van der Waals surface area contributed by atoms with E-state index in [1.807, 2.05) is 0 Å². The lowest BCUT2D eigenvalue weighted by atomic mass is 10.3. The highest BCUT2D eigenvalue weighted by Gasteiger charge is 2.00. The van der Waals surface area contributed by atoms with Gasteiger partial charge in [-0.15, -0.1) is 0 Å². The van der Waals surface area contributed by atoms with Gasteiger partial charge in [0.2, 0.25) is 0 Å². The molecule has 0 saturated heterocycles. The zero-order valence-electron chi connectivity index (χ0n) is 8.40. The smallest absolute Gasteiger partial charge is 0.330 e. The van der Waals surface area contributed by atoms with Gasteiger partial charge in [0.25, 0.3) is 0 Å². The van der Waals surface area contributed by atoms with Gasteiger partial charge in [0.1, 0.15) is 6.42 Å². The van der Waals surface area contributed by atoms with Gasteiger partial charge in [0, 0.05) is 6.08 Å². The summed E-state index contributed by atoms with van der Waals surface area (Å²) in [5.74, 6) is -0.989. The third-order valence-electron chi connectivity index (χ3n) is 1.44. The molecule has 0 spiro atoms. The molecule has 0 saturated carbocycles. The third-order valence-corrected chi connectivity index (χ3v) is 1.44. The molecule has 82 valence electrons. The van der Waals surface area contributed by atoms with Crippen molar-refractivity contribution >= 4 is 11.9 Å². The minimum Gasteiger partial charge on any atom is -0.465 e. The molecule has 0 amide bonds. The van der Waals surface area contributed by atoms with Crippen LogP contribution in [0.25, 0.3) is 0 Å². The van der Waals surface area contributed by atoms with Crippen molar-refractivity contribution in [1.82, 2.24) is 0 Å². The summed E-state index contributed by atoms with van der Waals surface area (Å²) in [6, 6.07) is 1.69. The Balaban J connectivity index is 3.26. The van der Waals surface area contributed by atoms with Crippen LogP contribution in [0.1, 0.15) is 19.3 Å². The van der Waals surface area contributed by atoms with E-state index in [4.69, 9.17) is 14.7 Å². The topological polar surface area (TPSA) is 76.4 Å². The first-order valence-electron chi connectivity index (χ1n) is 4.52. The molecule has 0 aromatic rings. The molecule has 5 heteroatoms. The summed E-state index contributed by atoms with van der Waals surface area (Å²) in [7, 11) is 0. The molecule has 0 atom stereocenters. The Bertz CT molecular complexity index is 267. The lowest BCUT2D eigenvalue weighted by Crippen LogP contribution is -2.06. The monoisotopic (exact) mass is 211 g/mol. The molecule has 0 aromatic carbocycles. The van der Waals surface area contributed by atoms with Gasteiger partial charge in [-0.1, -0.05) is 6.58 Å². The van der Waals surface area contributed by atoms with E-state index in [2.05, 4.69) is 6.58 Å². The SMILES string of the molecule is C=CC(=O)OCCCCOC(=O)CC#N. The lowest BCUT2D eigenvalue weighted by Gasteiger charge is -2.02. The highest BCUT2D eigenvalue weighted by molar-refractivity contribution is 5.81. The van der Waals surface area contributed by atoms with Gasteiger partial charge in [-0.3, -0.25) is 4.79 Å². The molecule has 0 bridgehead atoms. The second-order valence-electron chi connectivity index (χ2n) is 2.63. The Morgan fingerprint density at radius 1 is 1.27 bits per heavy atom. The average Bonchev–Trinajstić information content (AvgIpc) is 2.23. The van der Waals surface area contributed by atoms with Crippen LogP contribution in [0.2, 0.25) is 0 Å². The number of carbonyl (C=O) groups excluding carboxylic acids is 2. The van der Waals surface area contributed by atoms with Gasteiger partial charge in [0.15, 0.2) is 0 Å². The molecule has 0 aliphatic heterocycles. The maximum atomic E-state index is 10.7. The first-order chi connectivity index (χ1) is 7.20. The summed E-state index contributed by atoms with van der Waals surface area (Å²) in [5, 5.41) is 8.15. The number of nitriles is 1. The summed E-state index contributed by atoms with van der Waals surface area (Å²) < 4.78 is 9.39. The highest BCUT2D eigenvalue weighted by Crippen LogP contribution is 1.94. The first-order valence-corrected chi connectivity index (χ1v) is 4.52. The van der Waals surface area contributed by atoms with Gasteiger partial charge >= 0.3 is 11.9 Å². The Kier molecular flexibility index (Phi) is 7.69. The van der Waals surface area contributed by atoms with Crippen LogP contribution in [-0.4, -0.2) is 25.2 Å². The second-order valence-corrected chi connectivity index (χ2v) is 2.63. The largest absolute Gasteiger partial charge is 0.465 e. The predicted octanol–water partition coefficient (Wildman–Crippen LogP) is 0.953. The van der Waals surface area contributed by atoms with E-state index < -0.39 is 11.9 Å². The van der Waals surface area contributed by atoms with Crippen LogP contribution < -0.4 is 0 Å². The molecule has 5 nitrogen and oxygen atoms in total. The number of rotatable bonds is 7. The zero-order chi connectivity index (χ0) is 11.5. The molecule has 0 aliphatic rings. The van der Waals surface area contributed by atoms with Crippen molar-refractivity contribution in [2.24, 2.45) is 0 Å². The fraction of sp³-hybridized carbons (Fsp3) is 0.500. The molecule has 0 radical (unpaired) electrons. The number of unbranched alkanes of at least 4 members (excludes halogenated alkanes) is 1. The molecular weight excluding hydrogens is 198 g/mol. The molecule has 0 fully saturated rings. The van der Waals surface area contributed by atoms with Crippen LogP contribution >= 0.6 is 0 Å². The molecule has 0 heterocycles. The van der Waals surface area contributed by atoms with E-state index in [-0.39, 0.29) is 19.6 Å². The van der Waals surface area contributed by atoms with Crippen molar-refractivity contribution in [2.45, 2.75) is 19.3 Å². The summed E-state index contributed by atoms with van der Waals surface area (Å²) >= 11 is 0. The van der Waals surface area contributed by atoms with Crippen molar-refractivity contribution < 1.29 is 19.1 Å². The molecule has 0 unspecified atom stereocenters. The molecule has 0 aromatic heterocycles. The Hall–Kier alpha value is -1.83. The summed E-state index contributed by atoms with van der Waals surface area (Å²) in [5.41, 5.74) is 0. The van der Waals surface area contributed by atoms with Crippen LogP contribution in [-0.2, 0) is 19.1 Å². The van der Waals surface area contributed by atoms with Crippen molar-refractivity contribution in [3.63, 3.8) is 0 Å². The Labute approximate surface area is 88.3 Å². The van der Waals surface area contributed by atoms with Crippen LogP contribution in [0.4, 0.5) is 0 Å². The van der Waals surface area contributed by atoms with E-state index in [1.54, 1.807) is 6.07 Å². The van der Waals surface area contributed by atoms with Crippen LogP contribution in [0.5, 0.6) is 0 Å².